The summed E-state index contributed by atoms with van der Waals surface area (Å²) in [6, 6.07) is 0. The Balaban J connectivity index is 4.40. The molecule has 0 radical (unpaired) electrons. The molecule has 0 heterocycles. The summed E-state index contributed by atoms with van der Waals surface area (Å²) in [4.78, 5) is 9.97. The van der Waals surface area contributed by atoms with E-state index in [9.17, 15) is 4.79 Å². The number of hydrogen-bond donors (Lipinski definition) is 6. The molecule has 6 N–H and O–H groups in total. The molecule has 7 heteroatoms. The molecule has 0 bridgehead atoms. The van der Waals surface area contributed by atoms with Crippen molar-refractivity contribution in [3.05, 3.63) is 0 Å². The third-order valence-electron chi connectivity index (χ3n) is 1.51. The molecule has 0 saturated heterocycles. The highest BCUT2D eigenvalue weighted by Crippen LogP contribution is 2.10. The Bertz CT molecular complexity index is 168. The Morgan fingerprint density at radius 1 is 1.23 bits per heavy atom. The Labute approximate surface area is 73.5 Å². The maximum absolute atomic E-state index is 9.97. The van der Waals surface area contributed by atoms with E-state index < -0.39 is 37.0 Å². The van der Waals surface area contributed by atoms with Crippen LogP contribution in [0.2, 0.25) is 0 Å². The largest absolute Gasteiger partial charge is 0.394 e. The van der Waals surface area contributed by atoms with Crippen LogP contribution < -0.4 is 0 Å². The Kier molecular flexibility index (Phi) is 4.40. The van der Waals surface area contributed by atoms with Crippen molar-refractivity contribution in [1.82, 2.24) is 0 Å². The number of hydrogen-bond acceptors (Lipinski definition) is 7. The third-order valence-corrected chi connectivity index (χ3v) is 1.51. The van der Waals surface area contributed by atoms with Gasteiger partial charge in [-0.1, -0.05) is 0 Å². The van der Waals surface area contributed by atoms with Gasteiger partial charge in [0.1, 0.15) is 18.3 Å². The fraction of sp³-hybridized carbons (Fsp3) is 0.833. The molecular formula is C6H12O7. The first kappa shape index (κ1) is 12.4. The van der Waals surface area contributed by atoms with Gasteiger partial charge >= 0.3 is 0 Å². The van der Waals surface area contributed by atoms with Gasteiger partial charge < -0.3 is 30.6 Å². The number of rotatable bonds is 5. The molecule has 0 aromatic rings. The average Bonchev–Trinajstić information content (AvgIpc) is 2.14. The summed E-state index contributed by atoms with van der Waals surface area (Å²) in [5.74, 6) is -3.14. The summed E-state index contributed by atoms with van der Waals surface area (Å²) >= 11 is 0. The minimum absolute atomic E-state index is 0.398. The van der Waals surface area contributed by atoms with Crippen LogP contribution in [0, 0.1) is 0 Å². The van der Waals surface area contributed by atoms with Gasteiger partial charge in [0.15, 0.2) is 6.29 Å². The lowest BCUT2D eigenvalue weighted by Crippen LogP contribution is -2.54. The zero-order valence-corrected chi connectivity index (χ0v) is 6.61. The fourth-order valence-corrected chi connectivity index (χ4v) is 0.639. The fourth-order valence-electron chi connectivity index (χ4n) is 0.639. The van der Waals surface area contributed by atoms with Crippen molar-refractivity contribution >= 4 is 6.29 Å². The first-order valence-electron chi connectivity index (χ1n) is 3.43. The SMILES string of the molecule is O=CC(O)(O)[C@@H](O)[C@H](O)[C@H](O)CO. The molecule has 0 aliphatic carbocycles. The van der Waals surface area contributed by atoms with E-state index in [4.69, 9.17) is 30.6 Å². The molecule has 78 valence electrons. The highest BCUT2D eigenvalue weighted by molar-refractivity contribution is 5.60. The van der Waals surface area contributed by atoms with Gasteiger partial charge in [0.05, 0.1) is 6.61 Å². The molecule has 0 saturated carbocycles. The van der Waals surface area contributed by atoms with Gasteiger partial charge in [-0.15, -0.1) is 0 Å². The summed E-state index contributed by atoms with van der Waals surface area (Å²) in [7, 11) is 0. The maximum atomic E-state index is 9.97. The molecule has 7 nitrogen and oxygen atoms in total. The highest BCUT2D eigenvalue weighted by Gasteiger charge is 2.40. The summed E-state index contributed by atoms with van der Waals surface area (Å²) in [5.41, 5.74) is 0. The summed E-state index contributed by atoms with van der Waals surface area (Å²) in [6.07, 6.45) is -6.46. The standard InChI is InChI=1S/C6H12O7/c7-1-3(9)4(10)5(11)6(12,13)2-8/h2-5,7,9-13H,1H2/t3-,4-,5+/m1/s1. The first-order chi connectivity index (χ1) is 5.86. The Morgan fingerprint density at radius 2 is 1.69 bits per heavy atom. The van der Waals surface area contributed by atoms with Gasteiger partial charge in [0.25, 0.3) is 5.79 Å². The monoisotopic (exact) mass is 196 g/mol. The molecule has 0 fully saturated rings. The minimum Gasteiger partial charge on any atom is -0.394 e. The zero-order valence-electron chi connectivity index (χ0n) is 6.61. The van der Waals surface area contributed by atoms with Gasteiger partial charge in [-0.25, -0.2) is 0 Å². The third kappa shape index (κ3) is 2.99. The molecule has 0 unspecified atom stereocenters. The molecule has 0 aliphatic rings. The molecule has 0 spiro atoms. The van der Waals surface area contributed by atoms with E-state index in [2.05, 4.69) is 0 Å². The van der Waals surface area contributed by atoms with Crippen LogP contribution in [0.1, 0.15) is 0 Å². The molecule has 0 aromatic heterocycles. The van der Waals surface area contributed by atoms with Crippen molar-refractivity contribution in [1.29, 1.82) is 0 Å². The summed E-state index contributed by atoms with van der Waals surface area (Å²) in [5, 5.41) is 52.3. The highest BCUT2D eigenvalue weighted by atomic mass is 16.5. The van der Waals surface area contributed by atoms with E-state index in [0.29, 0.717) is 0 Å². The molecule has 0 aliphatic heterocycles. The van der Waals surface area contributed by atoms with E-state index in [1.807, 2.05) is 0 Å². The summed E-state index contributed by atoms with van der Waals surface area (Å²) in [6.45, 7) is -0.882. The molecule has 0 amide bonds. The van der Waals surface area contributed by atoms with E-state index in [1.165, 1.54) is 0 Å². The van der Waals surface area contributed by atoms with Crippen molar-refractivity contribution in [2.45, 2.75) is 24.1 Å². The van der Waals surface area contributed by atoms with Gasteiger partial charge in [0.2, 0.25) is 0 Å². The second-order valence-corrected chi connectivity index (χ2v) is 2.59. The average molecular weight is 196 g/mol. The van der Waals surface area contributed by atoms with Gasteiger partial charge in [-0.2, -0.15) is 0 Å². The molecule has 0 rings (SSSR count). The number of aliphatic hydroxyl groups is 6. The number of carbonyl (C=O) groups excluding carboxylic acids is 1. The second-order valence-electron chi connectivity index (χ2n) is 2.59. The van der Waals surface area contributed by atoms with Crippen LogP contribution in [0.15, 0.2) is 0 Å². The lowest BCUT2D eigenvalue weighted by atomic mass is 10.0. The van der Waals surface area contributed by atoms with Crippen molar-refractivity contribution in [2.75, 3.05) is 6.61 Å². The van der Waals surface area contributed by atoms with Crippen LogP contribution in [0.25, 0.3) is 0 Å². The molecular weight excluding hydrogens is 184 g/mol. The van der Waals surface area contributed by atoms with Crippen molar-refractivity contribution < 1.29 is 35.4 Å². The number of aliphatic hydroxyl groups excluding tert-OH is 4. The van der Waals surface area contributed by atoms with Gasteiger partial charge in [-0.05, 0) is 0 Å². The van der Waals surface area contributed by atoms with Crippen LogP contribution in [0.4, 0.5) is 0 Å². The molecule has 13 heavy (non-hydrogen) atoms. The van der Waals surface area contributed by atoms with Crippen molar-refractivity contribution in [3.8, 4) is 0 Å². The van der Waals surface area contributed by atoms with Crippen LogP contribution in [-0.4, -0.2) is 67.6 Å². The Hall–Kier alpha value is -0.570. The van der Waals surface area contributed by atoms with Crippen molar-refractivity contribution in [3.63, 3.8) is 0 Å². The Morgan fingerprint density at radius 3 is 2.00 bits per heavy atom. The second kappa shape index (κ2) is 4.61. The summed E-state index contributed by atoms with van der Waals surface area (Å²) < 4.78 is 0. The van der Waals surface area contributed by atoms with Crippen LogP contribution in [0.5, 0.6) is 0 Å². The first-order valence-corrected chi connectivity index (χ1v) is 3.43. The topological polar surface area (TPSA) is 138 Å². The predicted octanol–water partition coefficient (Wildman–Crippen LogP) is -4.06. The van der Waals surface area contributed by atoms with E-state index in [-0.39, 0.29) is 0 Å². The number of carbonyl (C=O) groups is 1. The molecule has 0 aromatic carbocycles. The zero-order chi connectivity index (χ0) is 10.6. The molecule has 3 atom stereocenters. The van der Waals surface area contributed by atoms with Gasteiger partial charge in [0, 0.05) is 0 Å². The van der Waals surface area contributed by atoms with E-state index in [0.717, 1.165) is 0 Å². The smallest absolute Gasteiger partial charge is 0.250 e. The minimum atomic E-state index is -3.14. The van der Waals surface area contributed by atoms with Crippen LogP contribution >= 0.6 is 0 Å². The van der Waals surface area contributed by atoms with Crippen molar-refractivity contribution in [2.24, 2.45) is 0 Å². The quantitative estimate of drug-likeness (QED) is 0.194. The van der Waals surface area contributed by atoms with Crippen LogP contribution in [-0.2, 0) is 4.79 Å². The lowest BCUT2D eigenvalue weighted by Gasteiger charge is -2.27. The predicted molar refractivity (Wildman–Crippen MR) is 38.3 cm³/mol. The lowest BCUT2D eigenvalue weighted by molar-refractivity contribution is -0.237. The normalized spacial score (nSPS) is 19.2. The van der Waals surface area contributed by atoms with Gasteiger partial charge in [-0.3, -0.25) is 4.79 Å². The van der Waals surface area contributed by atoms with E-state index in [1.54, 1.807) is 0 Å². The van der Waals surface area contributed by atoms with Crippen LogP contribution in [0.3, 0.4) is 0 Å². The number of aldehydes is 1. The maximum Gasteiger partial charge on any atom is 0.250 e. The van der Waals surface area contributed by atoms with E-state index >= 15 is 0 Å².